The van der Waals surface area contributed by atoms with Crippen LogP contribution in [0.3, 0.4) is 0 Å². The summed E-state index contributed by atoms with van der Waals surface area (Å²) in [6, 6.07) is 7.25. The molecule has 2 heterocycles. The molecule has 1 fully saturated rings. The monoisotopic (exact) mass is 356 g/mol. The first kappa shape index (κ1) is 16.9. The lowest BCUT2D eigenvalue weighted by molar-refractivity contribution is 0.107. The van der Waals surface area contributed by atoms with Crippen LogP contribution in [0.4, 0.5) is 10.5 Å². The smallest absolute Gasteiger partial charge is 0.322 e. The number of hydrogen-bond acceptors (Lipinski definition) is 4. The highest BCUT2D eigenvalue weighted by Gasteiger charge is 2.25. The molecule has 1 aromatic heterocycles. The summed E-state index contributed by atoms with van der Waals surface area (Å²) in [6.07, 6.45) is 4.40. The Morgan fingerprint density at radius 3 is 3.04 bits per heavy atom. The van der Waals surface area contributed by atoms with Gasteiger partial charge in [-0.3, -0.25) is 0 Å². The molecular weight excluding hydrogens is 332 g/mol. The molecule has 26 heavy (non-hydrogen) atoms. The molecule has 0 radical (unpaired) electrons. The molecule has 1 aromatic carbocycles. The van der Waals surface area contributed by atoms with Crippen LogP contribution < -0.4 is 10.1 Å². The van der Waals surface area contributed by atoms with Gasteiger partial charge in [0.05, 0.1) is 38.0 Å². The molecule has 4 rings (SSSR count). The van der Waals surface area contributed by atoms with E-state index in [1.165, 1.54) is 12.8 Å². The van der Waals surface area contributed by atoms with E-state index >= 15 is 0 Å². The third kappa shape index (κ3) is 3.83. The second-order valence-corrected chi connectivity index (χ2v) is 6.87. The minimum absolute atomic E-state index is 0.115. The van der Waals surface area contributed by atoms with E-state index in [1.54, 1.807) is 12.0 Å². The fourth-order valence-corrected chi connectivity index (χ4v) is 3.12. The quantitative estimate of drug-likeness (QED) is 0.864. The molecule has 1 aliphatic heterocycles. The molecule has 0 saturated heterocycles. The van der Waals surface area contributed by atoms with Crippen molar-refractivity contribution in [1.29, 1.82) is 0 Å². The Kier molecular flexibility index (Phi) is 4.79. The predicted molar refractivity (Wildman–Crippen MR) is 97.0 cm³/mol. The molecule has 7 nitrogen and oxygen atoms in total. The minimum atomic E-state index is -0.115. The van der Waals surface area contributed by atoms with Crippen molar-refractivity contribution in [1.82, 2.24) is 14.5 Å². The maximum Gasteiger partial charge on any atom is 0.322 e. The molecule has 0 spiro atoms. The van der Waals surface area contributed by atoms with Crippen molar-refractivity contribution in [2.24, 2.45) is 5.92 Å². The summed E-state index contributed by atoms with van der Waals surface area (Å²) in [5.41, 5.74) is 2.72. The fraction of sp³-hybridized carbons (Fsp3) is 0.474. The predicted octanol–water partition coefficient (Wildman–Crippen LogP) is 2.87. The van der Waals surface area contributed by atoms with Crippen LogP contribution in [0.5, 0.6) is 5.75 Å². The van der Waals surface area contributed by atoms with Crippen molar-refractivity contribution in [2.45, 2.75) is 32.5 Å². The molecule has 2 aromatic rings. The van der Waals surface area contributed by atoms with E-state index in [-0.39, 0.29) is 6.03 Å². The highest BCUT2D eigenvalue weighted by molar-refractivity contribution is 5.89. The Balaban J connectivity index is 1.38. The number of carbonyl (C=O) groups excluding carboxylic acids is 1. The van der Waals surface area contributed by atoms with Gasteiger partial charge >= 0.3 is 6.03 Å². The van der Waals surface area contributed by atoms with Gasteiger partial charge in [-0.05, 0) is 30.9 Å². The van der Waals surface area contributed by atoms with Crippen molar-refractivity contribution in [3.05, 3.63) is 42.0 Å². The van der Waals surface area contributed by atoms with E-state index in [1.807, 2.05) is 30.6 Å². The first-order valence-electron chi connectivity index (χ1n) is 9.03. The lowest BCUT2D eigenvalue weighted by atomic mass is 10.2. The molecular formula is C19H24N4O3. The third-order valence-electron chi connectivity index (χ3n) is 4.88. The number of nitrogens with zero attached hydrogens (tertiary/aromatic N) is 3. The maximum atomic E-state index is 12.6. The van der Waals surface area contributed by atoms with Crippen molar-refractivity contribution in [2.75, 3.05) is 25.6 Å². The summed E-state index contributed by atoms with van der Waals surface area (Å²) >= 11 is 0. The van der Waals surface area contributed by atoms with Gasteiger partial charge in [-0.1, -0.05) is 6.07 Å². The number of methoxy groups -OCH3 is 1. The van der Waals surface area contributed by atoms with E-state index in [0.717, 1.165) is 41.9 Å². The normalized spacial score (nSPS) is 16.3. The van der Waals surface area contributed by atoms with Crippen LogP contribution in [0.1, 0.15) is 24.2 Å². The van der Waals surface area contributed by atoms with Gasteiger partial charge in [-0.2, -0.15) is 0 Å². The third-order valence-corrected chi connectivity index (χ3v) is 4.88. The lowest BCUT2D eigenvalue weighted by Crippen LogP contribution is -2.40. The Morgan fingerprint density at radius 2 is 2.23 bits per heavy atom. The summed E-state index contributed by atoms with van der Waals surface area (Å²) in [5, 5.41) is 2.94. The minimum Gasteiger partial charge on any atom is -0.497 e. The molecule has 1 saturated carbocycles. The summed E-state index contributed by atoms with van der Waals surface area (Å²) < 4.78 is 13.1. The van der Waals surface area contributed by atoms with Crippen LogP contribution in [0, 0.1) is 5.92 Å². The zero-order valence-electron chi connectivity index (χ0n) is 15.0. The van der Waals surface area contributed by atoms with Gasteiger partial charge in [0.25, 0.3) is 0 Å². The van der Waals surface area contributed by atoms with Gasteiger partial charge in [-0.25, -0.2) is 9.78 Å². The number of amides is 2. The van der Waals surface area contributed by atoms with Crippen molar-refractivity contribution >= 4 is 11.7 Å². The Bertz CT molecular complexity index is 785. The number of urea groups is 1. The second kappa shape index (κ2) is 7.37. The molecule has 1 aliphatic carbocycles. The summed E-state index contributed by atoms with van der Waals surface area (Å²) in [5.74, 6) is 1.45. The molecule has 7 heteroatoms. The van der Waals surface area contributed by atoms with Crippen molar-refractivity contribution in [3.63, 3.8) is 0 Å². The van der Waals surface area contributed by atoms with Crippen LogP contribution >= 0.6 is 0 Å². The topological polar surface area (TPSA) is 68.6 Å². The number of ether oxygens (including phenoxy) is 2. The summed E-state index contributed by atoms with van der Waals surface area (Å²) in [7, 11) is 1.61. The average Bonchev–Trinajstić information content (AvgIpc) is 3.40. The van der Waals surface area contributed by atoms with Gasteiger partial charge in [0, 0.05) is 31.5 Å². The largest absolute Gasteiger partial charge is 0.497 e. The Hall–Kier alpha value is -2.54. The van der Waals surface area contributed by atoms with Crippen molar-refractivity contribution in [3.8, 4) is 5.75 Å². The fourth-order valence-electron chi connectivity index (χ4n) is 3.12. The van der Waals surface area contributed by atoms with E-state index in [2.05, 4.69) is 14.9 Å². The van der Waals surface area contributed by atoms with Crippen LogP contribution in [-0.4, -0.2) is 40.7 Å². The maximum absolute atomic E-state index is 12.6. The van der Waals surface area contributed by atoms with Crippen LogP contribution in [0.25, 0.3) is 0 Å². The number of aromatic nitrogens is 2. The van der Waals surface area contributed by atoms with Crippen LogP contribution in [0.15, 0.2) is 30.6 Å². The first-order valence-corrected chi connectivity index (χ1v) is 9.03. The molecule has 0 unspecified atom stereocenters. The molecule has 1 N–H and O–H groups in total. The summed E-state index contributed by atoms with van der Waals surface area (Å²) in [4.78, 5) is 18.9. The zero-order chi connectivity index (χ0) is 17.9. The highest BCUT2D eigenvalue weighted by Crippen LogP contribution is 2.29. The number of imidazole rings is 1. The van der Waals surface area contributed by atoms with Gasteiger partial charge < -0.3 is 24.3 Å². The van der Waals surface area contributed by atoms with Gasteiger partial charge in [0.1, 0.15) is 5.75 Å². The number of rotatable bonds is 6. The molecule has 2 aliphatic rings. The Morgan fingerprint density at radius 1 is 1.35 bits per heavy atom. The highest BCUT2D eigenvalue weighted by atomic mass is 16.5. The van der Waals surface area contributed by atoms with E-state index in [4.69, 9.17) is 9.47 Å². The zero-order valence-corrected chi connectivity index (χ0v) is 15.0. The lowest BCUT2D eigenvalue weighted by Gasteiger charge is -2.29. The van der Waals surface area contributed by atoms with Crippen LogP contribution in [-0.2, 0) is 24.4 Å². The Labute approximate surface area is 152 Å². The molecule has 2 amide bonds. The number of nitrogens with one attached hydrogen (secondary N) is 1. The van der Waals surface area contributed by atoms with Crippen molar-refractivity contribution < 1.29 is 14.3 Å². The number of benzene rings is 1. The average molecular weight is 356 g/mol. The van der Waals surface area contributed by atoms with E-state index in [0.29, 0.717) is 19.7 Å². The standard InChI is InChI=1S/C19H24N4O3/c1-25-16-4-2-3-15(9-16)21-19(24)22-7-8-23-13-20-17(18(23)10-22)12-26-11-14-5-6-14/h2-4,9,13-14H,5-8,10-12H2,1H3,(H,21,24). The van der Waals surface area contributed by atoms with Gasteiger partial charge in [0.15, 0.2) is 0 Å². The van der Waals surface area contributed by atoms with Gasteiger partial charge in [0.2, 0.25) is 0 Å². The van der Waals surface area contributed by atoms with E-state index in [9.17, 15) is 4.79 Å². The number of hydrogen-bond donors (Lipinski definition) is 1. The first-order chi connectivity index (χ1) is 12.7. The summed E-state index contributed by atoms with van der Waals surface area (Å²) in [6.45, 7) is 3.27. The van der Waals surface area contributed by atoms with E-state index < -0.39 is 0 Å². The molecule has 0 bridgehead atoms. The molecule has 138 valence electrons. The number of anilines is 1. The second-order valence-electron chi connectivity index (χ2n) is 6.87. The molecule has 0 atom stereocenters. The SMILES string of the molecule is COc1cccc(NC(=O)N2CCn3cnc(COCC4CC4)c3C2)c1. The van der Waals surface area contributed by atoms with Crippen LogP contribution in [0.2, 0.25) is 0 Å². The van der Waals surface area contributed by atoms with Gasteiger partial charge in [-0.15, -0.1) is 0 Å². The number of fused-ring (bicyclic) bond motifs is 1. The number of carbonyl (C=O) groups is 1.